The predicted octanol–water partition coefficient (Wildman–Crippen LogP) is 4.16. The largest absolute Gasteiger partial charge is 0.870 e. The molecule has 0 saturated carbocycles. The molecular weight excluding hydrogens is 397 g/mol. The summed E-state index contributed by atoms with van der Waals surface area (Å²) < 4.78 is 16.8. The molecule has 0 aliphatic carbocycles. The van der Waals surface area contributed by atoms with Gasteiger partial charge in [-0.1, -0.05) is 45.4 Å². The zero-order chi connectivity index (χ0) is 21.3. The SMILES string of the molecule is CCCOCCCCCCCCCCOP(O)O[C@H](CC(=O)O)C[N+](C)(C)C.[OH-]. The van der Waals surface area contributed by atoms with E-state index in [0.717, 1.165) is 38.9 Å². The highest BCUT2D eigenvalue weighted by Gasteiger charge is 2.25. The molecule has 0 rings (SSSR count). The fraction of sp³-hybridized carbons (Fsp3) is 0.950. The highest BCUT2D eigenvalue weighted by atomic mass is 31.2. The number of nitrogens with zero attached hydrogens (tertiary/aromatic N) is 1. The maximum absolute atomic E-state index is 11.0. The van der Waals surface area contributed by atoms with Gasteiger partial charge in [0.25, 0.3) is 0 Å². The van der Waals surface area contributed by atoms with E-state index in [1.54, 1.807) is 0 Å². The van der Waals surface area contributed by atoms with Crippen molar-refractivity contribution in [2.45, 2.75) is 77.2 Å². The highest BCUT2D eigenvalue weighted by Crippen LogP contribution is 2.36. The first kappa shape index (κ1) is 30.9. The van der Waals surface area contributed by atoms with Crippen LogP contribution in [0.4, 0.5) is 0 Å². The van der Waals surface area contributed by atoms with Crippen molar-refractivity contribution in [2.75, 3.05) is 47.5 Å². The van der Waals surface area contributed by atoms with E-state index in [1.807, 2.05) is 21.1 Å². The lowest BCUT2D eigenvalue weighted by Gasteiger charge is -2.29. The molecule has 29 heavy (non-hydrogen) atoms. The highest BCUT2D eigenvalue weighted by molar-refractivity contribution is 7.40. The van der Waals surface area contributed by atoms with Gasteiger partial charge >= 0.3 is 14.6 Å². The third kappa shape index (κ3) is 23.8. The summed E-state index contributed by atoms with van der Waals surface area (Å²) in [6.07, 6.45) is 9.66. The molecule has 0 aromatic rings. The molecule has 8 nitrogen and oxygen atoms in total. The van der Waals surface area contributed by atoms with Gasteiger partial charge in [0.1, 0.15) is 12.6 Å². The van der Waals surface area contributed by atoms with Crippen LogP contribution in [-0.4, -0.2) is 79.5 Å². The van der Waals surface area contributed by atoms with Gasteiger partial charge in [-0.05, 0) is 19.3 Å². The van der Waals surface area contributed by atoms with E-state index in [0.29, 0.717) is 17.6 Å². The maximum atomic E-state index is 11.0. The molecule has 3 N–H and O–H groups in total. The van der Waals surface area contributed by atoms with Gasteiger partial charge in [0.15, 0.2) is 0 Å². The van der Waals surface area contributed by atoms with E-state index in [1.165, 1.54) is 32.1 Å². The molecule has 176 valence electrons. The van der Waals surface area contributed by atoms with E-state index in [2.05, 4.69) is 6.92 Å². The van der Waals surface area contributed by atoms with E-state index < -0.39 is 20.7 Å². The molecule has 9 heteroatoms. The van der Waals surface area contributed by atoms with Crippen molar-refractivity contribution in [1.82, 2.24) is 0 Å². The second-order valence-electron chi connectivity index (χ2n) is 8.31. The summed E-state index contributed by atoms with van der Waals surface area (Å²) in [7, 11) is 3.84. The lowest BCUT2D eigenvalue weighted by atomic mass is 10.1. The number of quaternary nitrogens is 1. The molecule has 0 fully saturated rings. The van der Waals surface area contributed by atoms with Gasteiger partial charge in [-0.15, -0.1) is 0 Å². The molecule has 0 heterocycles. The van der Waals surface area contributed by atoms with Crippen LogP contribution in [0.2, 0.25) is 0 Å². The van der Waals surface area contributed by atoms with E-state index >= 15 is 0 Å². The van der Waals surface area contributed by atoms with Gasteiger partial charge in [0.05, 0.1) is 34.2 Å². The zero-order valence-corrected chi connectivity index (χ0v) is 19.7. The molecule has 0 aliphatic rings. The summed E-state index contributed by atoms with van der Waals surface area (Å²) in [5, 5.41) is 8.98. The second-order valence-corrected chi connectivity index (χ2v) is 9.25. The molecule has 0 saturated heterocycles. The minimum atomic E-state index is -2.03. The van der Waals surface area contributed by atoms with Crippen LogP contribution in [0.3, 0.4) is 0 Å². The van der Waals surface area contributed by atoms with Crippen LogP contribution < -0.4 is 0 Å². The normalized spacial score (nSPS) is 13.7. The summed E-state index contributed by atoms with van der Waals surface area (Å²) in [5.41, 5.74) is 0. The Hall–Kier alpha value is -0.340. The standard InChI is InChI=1S/C20H42NO6P.H2O/c1-5-14-25-15-12-10-8-6-7-9-11-13-16-26-28(24)27-19(17-20(22)23)18-21(2,3)4;/h19,24H,5-18H2,1-4H3;1H2/t19-,28?;/m1./s1. The predicted molar refractivity (Wildman–Crippen MR) is 115 cm³/mol. The number of hydrogen-bond donors (Lipinski definition) is 2. The minimum absolute atomic E-state index is 0. The molecule has 0 amide bonds. The molecule has 2 atom stereocenters. The molecule has 1 unspecified atom stereocenters. The Kier molecular flexibility index (Phi) is 20.9. The van der Waals surface area contributed by atoms with Crippen molar-refractivity contribution in [3.63, 3.8) is 0 Å². The lowest BCUT2D eigenvalue weighted by Crippen LogP contribution is -2.42. The zero-order valence-electron chi connectivity index (χ0n) is 18.8. The van der Waals surface area contributed by atoms with Crippen LogP contribution in [0.15, 0.2) is 0 Å². The maximum Gasteiger partial charge on any atom is 0.330 e. The molecule has 0 spiro atoms. The van der Waals surface area contributed by atoms with Crippen LogP contribution in [0.1, 0.15) is 71.1 Å². The van der Waals surface area contributed by atoms with Gasteiger partial charge in [0.2, 0.25) is 0 Å². The first-order chi connectivity index (χ1) is 13.2. The Labute approximate surface area is 178 Å². The number of carbonyl (C=O) groups is 1. The molecule has 0 aliphatic heterocycles. The van der Waals surface area contributed by atoms with Crippen LogP contribution in [-0.2, 0) is 18.6 Å². The average molecular weight is 442 g/mol. The van der Waals surface area contributed by atoms with Crippen molar-refractivity contribution in [3.05, 3.63) is 0 Å². The Balaban J connectivity index is 0. The summed E-state index contributed by atoms with van der Waals surface area (Å²) in [4.78, 5) is 20.9. The van der Waals surface area contributed by atoms with Crippen molar-refractivity contribution in [1.29, 1.82) is 0 Å². The monoisotopic (exact) mass is 441 g/mol. The topological polar surface area (TPSA) is 115 Å². The Morgan fingerprint density at radius 1 is 0.931 bits per heavy atom. The Morgan fingerprint density at radius 3 is 1.93 bits per heavy atom. The lowest BCUT2D eigenvalue weighted by molar-refractivity contribution is -0.873. The number of carboxylic acids is 1. The van der Waals surface area contributed by atoms with Crippen LogP contribution in [0.25, 0.3) is 0 Å². The van der Waals surface area contributed by atoms with Crippen LogP contribution in [0.5, 0.6) is 0 Å². The van der Waals surface area contributed by atoms with Crippen LogP contribution >= 0.6 is 8.60 Å². The first-order valence-electron chi connectivity index (χ1n) is 10.6. The first-order valence-corrected chi connectivity index (χ1v) is 11.8. The Morgan fingerprint density at radius 2 is 1.45 bits per heavy atom. The quantitative estimate of drug-likeness (QED) is 0.166. The smallest absolute Gasteiger partial charge is 0.330 e. The fourth-order valence-corrected chi connectivity index (χ4v) is 3.60. The second kappa shape index (κ2) is 19.6. The number of likely N-dealkylation sites (N-methyl/N-ethyl adjacent to an activating group) is 1. The number of unbranched alkanes of at least 4 members (excludes halogenated alkanes) is 7. The number of hydrogen-bond acceptors (Lipinski definition) is 6. The van der Waals surface area contributed by atoms with Gasteiger partial charge in [-0.25, -0.2) is 0 Å². The van der Waals surface area contributed by atoms with E-state index in [-0.39, 0.29) is 11.9 Å². The molecular formula is C20H44NO7P. The average Bonchev–Trinajstić information content (AvgIpc) is 2.56. The summed E-state index contributed by atoms with van der Waals surface area (Å²) in [6, 6.07) is 0. The molecule has 0 bridgehead atoms. The van der Waals surface area contributed by atoms with Gasteiger partial charge < -0.3 is 33.7 Å². The van der Waals surface area contributed by atoms with Crippen molar-refractivity contribution >= 4 is 14.6 Å². The van der Waals surface area contributed by atoms with Gasteiger partial charge in [-0.3, -0.25) is 4.79 Å². The summed E-state index contributed by atoms with van der Waals surface area (Å²) >= 11 is 0. The number of aliphatic carboxylic acids is 1. The number of rotatable bonds is 20. The molecule has 0 aromatic heterocycles. The van der Waals surface area contributed by atoms with Crippen molar-refractivity contribution < 1.29 is 38.5 Å². The third-order valence-corrected chi connectivity index (χ3v) is 5.01. The van der Waals surface area contributed by atoms with E-state index in [4.69, 9.17) is 18.9 Å². The van der Waals surface area contributed by atoms with Crippen molar-refractivity contribution in [2.24, 2.45) is 0 Å². The summed E-state index contributed by atoms with van der Waals surface area (Å²) in [5.74, 6) is -0.935. The number of carboxylic acid groups (broad SMARTS) is 1. The number of ether oxygens (including phenoxy) is 1. The van der Waals surface area contributed by atoms with E-state index in [9.17, 15) is 9.69 Å². The Bertz CT molecular complexity index is 380. The van der Waals surface area contributed by atoms with Crippen molar-refractivity contribution in [3.8, 4) is 0 Å². The van der Waals surface area contributed by atoms with Gasteiger partial charge in [-0.2, -0.15) is 0 Å². The minimum Gasteiger partial charge on any atom is -0.870 e. The molecule has 0 radical (unpaired) electrons. The summed E-state index contributed by atoms with van der Waals surface area (Å²) in [6.45, 7) is 4.84. The van der Waals surface area contributed by atoms with Crippen LogP contribution in [0, 0.1) is 0 Å². The third-order valence-electron chi connectivity index (χ3n) is 4.13. The van der Waals surface area contributed by atoms with Gasteiger partial charge in [0, 0.05) is 13.2 Å². The fourth-order valence-electron chi connectivity index (χ4n) is 2.85. The molecule has 0 aromatic carbocycles.